The Bertz CT molecular complexity index is 1950. The number of nitro benzene ring substituents is 1. The normalized spacial score (nSPS) is 14.6. The molecule has 0 bridgehead atoms. The molecule has 0 saturated carbocycles. The molecule has 0 N–H and O–H groups in total. The van der Waals surface area contributed by atoms with E-state index in [1.807, 2.05) is 0 Å². The molecule has 0 aliphatic carbocycles. The highest BCUT2D eigenvalue weighted by molar-refractivity contribution is 7.07. The molecule has 0 radical (unpaired) electrons. The second-order valence-electron chi connectivity index (χ2n) is 9.25. The Kier molecular flexibility index (Phi) is 8.17. The predicted octanol–water partition coefficient (Wildman–Crippen LogP) is 3.99. The number of fused-ring (bicyclic) bond motifs is 1. The molecule has 2 aromatic carbocycles. The van der Waals surface area contributed by atoms with Crippen molar-refractivity contribution in [3.8, 4) is 28.6 Å². The van der Waals surface area contributed by atoms with Crippen LogP contribution in [-0.4, -0.2) is 43.4 Å². The maximum absolute atomic E-state index is 14.0. The Labute approximate surface area is 248 Å². The smallest absolute Gasteiger partial charge is 0.338 e. The quantitative estimate of drug-likeness (QED) is 0.157. The zero-order valence-corrected chi connectivity index (χ0v) is 24.7. The Hall–Kier alpha value is -5.17. The summed E-state index contributed by atoms with van der Waals surface area (Å²) in [6.45, 7) is 3.51. The van der Waals surface area contributed by atoms with Crippen LogP contribution in [0.3, 0.4) is 0 Å². The van der Waals surface area contributed by atoms with Crippen molar-refractivity contribution in [2.24, 2.45) is 4.99 Å². The topological polar surface area (TPSA) is 145 Å². The van der Waals surface area contributed by atoms with Crippen LogP contribution in [0.1, 0.15) is 31.2 Å². The zero-order chi connectivity index (χ0) is 30.8. The number of allylic oxidation sites excluding steroid dienone is 1. The average Bonchev–Trinajstić information content (AvgIpc) is 3.59. The molecular weight excluding hydrogens is 578 g/mol. The number of hydrogen-bond acceptors (Lipinski definition) is 11. The second-order valence-corrected chi connectivity index (χ2v) is 10.3. The minimum absolute atomic E-state index is 0.134. The van der Waals surface area contributed by atoms with Gasteiger partial charge in [0, 0.05) is 11.6 Å². The van der Waals surface area contributed by atoms with Crippen molar-refractivity contribution < 1.29 is 33.1 Å². The van der Waals surface area contributed by atoms with Crippen LogP contribution >= 0.6 is 11.3 Å². The number of carbonyl (C=O) groups excluding carboxylic acids is 1. The number of thiazole rings is 1. The minimum atomic E-state index is -0.920. The molecule has 0 spiro atoms. The van der Waals surface area contributed by atoms with Crippen LogP contribution < -0.4 is 29.1 Å². The third-order valence-corrected chi connectivity index (χ3v) is 7.80. The predicted molar refractivity (Wildman–Crippen MR) is 157 cm³/mol. The lowest BCUT2D eigenvalue weighted by Crippen LogP contribution is -2.40. The van der Waals surface area contributed by atoms with Crippen molar-refractivity contribution in [2.45, 2.75) is 19.9 Å². The lowest BCUT2D eigenvalue weighted by molar-refractivity contribution is -0.384. The molecule has 2 aromatic heterocycles. The van der Waals surface area contributed by atoms with E-state index >= 15 is 0 Å². The highest BCUT2D eigenvalue weighted by Gasteiger charge is 2.35. The number of carbonyl (C=O) groups is 1. The summed E-state index contributed by atoms with van der Waals surface area (Å²) in [5.74, 6) is 1.21. The van der Waals surface area contributed by atoms with E-state index in [4.69, 9.17) is 23.4 Å². The van der Waals surface area contributed by atoms with E-state index in [2.05, 4.69) is 4.99 Å². The Morgan fingerprint density at radius 3 is 2.49 bits per heavy atom. The minimum Gasteiger partial charge on any atom is -0.497 e. The number of ether oxygens (including phenoxy) is 4. The van der Waals surface area contributed by atoms with Crippen LogP contribution in [0.5, 0.6) is 17.2 Å². The van der Waals surface area contributed by atoms with Crippen molar-refractivity contribution in [2.75, 3.05) is 27.9 Å². The van der Waals surface area contributed by atoms with E-state index in [0.29, 0.717) is 39.1 Å². The lowest BCUT2D eigenvalue weighted by Gasteiger charge is -2.26. The molecule has 1 aliphatic heterocycles. The van der Waals surface area contributed by atoms with E-state index < -0.39 is 22.5 Å². The molecule has 12 nitrogen and oxygen atoms in total. The van der Waals surface area contributed by atoms with Gasteiger partial charge in [0.2, 0.25) is 0 Å². The number of furan rings is 1. The fourth-order valence-corrected chi connectivity index (χ4v) is 5.87. The first-order chi connectivity index (χ1) is 20.7. The molecule has 0 fully saturated rings. The van der Waals surface area contributed by atoms with Crippen LogP contribution in [0.15, 0.2) is 74.0 Å². The first-order valence-electron chi connectivity index (χ1n) is 13.0. The van der Waals surface area contributed by atoms with Gasteiger partial charge >= 0.3 is 5.97 Å². The Morgan fingerprint density at radius 1 is 1.09 bits per heavy atom. The molecule has 0 amide bonds. The van der Waals surface area contributed by atoms with Crippen molar-refractivity contribution in [1.29, 1.82) is 0 Å². The zero-order valence-electron chi connectivity index (χ0n) is 23.9. The molecule has 43 heavy (non-hydrogen) atoms. The third kappa shape index (κ3) is 5.42. The van der Waals surface area contributed by atoms with Gasteiger partial charge in [0.1, 0.15) is 34.8 Å². The second kappa shape index (κ2) is 12.0. The van der Waals surface area contributed by atoms with Gasteiger partial charge in [0.05, 0.1) is 60.3 Å². The van der Waals surface area contributed by atoms with Crippen LogP contribution in [0.25, 0.3) is 17.4 Å². The van der Waals surface area contributed by atoms with Gasteiger partial charge in [-0.15, -0.1) is 0 Å². The monoisotopic (exact) mass is 605 g/mol. The third-order valence-electron chi connectivity index (χ3n) is 6.82. The van der Waals surface area contributed by atoms with Gasteiger partial charge in [-0.05, 0) is 56.3 Å². The van der Waals surface area contributed by atoms with E-state index in [1.165, 1.54) is 44.1 Å². The molecule has 3 heterocycles. The van der Waals surface area contributed by atoms with Crippen LogP contribution in [0, 0.1) is 10.1 Å². The van der Waals surface area contributed by atoms with Crippen molar-refractivity contribution in [1.82, 2.24) is 4.57 Å². The number of nitro groups is 1. The number of methoxy groups -OCH3 is 3. The summed E-state index contributed by atoms with van der Waals surface area (Å²) in [6, 6.07) is 11.8. The standard InChI is InChI=1S/C30H27N3O9S/c1-6-41-29(35)26-16(2)31-30-32(27(26)21-13-17(38-3)8-11-23(21)40-5)28(34)25(43-30)15-19-9-12-24(42-19)20-10-7-18(39-4)14-22(20)33(36)37/h7-15,27H,6H2,1-5H3/b25-15+/t27-/m1/s1. The number of nitrogens with zero attached hydrogens (tertiary/aromatic N) is 3. The molecule has 13 heteroatoms. The molecule has 0 unspecified atom stereocenters. The van der Waals surface area contributed by atoms with Crippen LogP contribution in [-0.2, 0) is 9.53 Å². The first kappa shape index (κ1) is 29.3. The van der Waals surface area contributed by atoms with Gasteiger partial charge in [-0.3, -0.25) is 19.5 Å². The summed E-state index contributed by atoms with van der Waals surface area (Å²) >= 11 is 1.11. The molecule has 1 atom stereocenters. The number of rotatable bonds is 9. The molecule has 0 saturated heterocycles. The van der Waals surface area contributed by atoms with Gasteiger partial charge in [0.25, 0.3) is 11.2 Å². The van der Waals surface area contributed by atoms with Crippen LogP contribution in [0.2, 0.25) is 0 Å². The maximum Gasteiger partial charge on any atom is 0.338 e. The number of aromatic nitrogens is 1. The fraction of sp³-hybridized carbons (Fsp3) is 0.233. The summed E-state index contributed by atoms with van der Waals surface area (Å²) < 4.78 is 29.1. The van der Waals surface area contributed by atoms with E-state index in [1.54, 1.807) is 50.2 Å². The number of esters is 1. The summed E-state index contributed by atoms with van der Waals surface area (Å²) in [7, 11) is 4.44. The van der Waals surface area contributed by atoms with Crippen molar-refractivity contribution >= 4 is 29.1 Å². The van der Waals surface area contributed by atoms with Crippen LogP contribution in [0.4, 0.5) is 5.69 Å². The summed E-state index contributed by atoms with van der Waals surface area (Å²) in [6.07, 6.45) is 1.53. The maximum atomic E-state index is 14.0. The largest absolute Gasteiger partial charge is 0.497 e. The lowest BCUT2D eigenvalue weighted by atomic mass is 9.95. The van der Waals surface area contributed by atoms with Gasteiger partial charge in [-0.1, -0.05) is 11.3 Å². The SMILES string of the molecule is CCOC(=O)C1=C(C)N=c2s/c(=C/c3ccc(-c4ccc(OC)cc4[N+](=O)[O-])o3)c(=O)n2[C@@H]1c1cc(OC)ccc1OC. The highest BCUT2D eigenvalue weighted by atomic mass is 32.1. The van der Waals surface area contributed by atoms with Gasteiger partial charge in [0.15, 0.2) is 4.80 Å². The molecule has 5 rings (SSSR count). The summed E-state index contributed by atoms with van der Waals surface area (Å²) in [5, 5.41) is 11.7. The Morgan fingerprint density at radius 2 is 1.81 bits per heavy atom. The molecule has 4 aromatic rings. The summed E-state index contributed by atoms with van der Waals surface area (Å²) in [4.78, 5) is 43.3. The number of hydrogen-bond donors (Lipinski definition) is 0. The van der Waals surface area contributed by atoms with E-state index in [0.717, 1.165) is 11.3 Å². The van der Waals surface area contributed by atoms with Crippen molar-refractivity contribution in [3.63, 3.8) is 0 Å². The molecule has 222 valence electrons. The molecule has 1 aliphatic rings. The van der Waals surface area contributed by atoms with Gasteiger partial charge in [-0.2, -0.15) is 0 Å². The Balaban J connectivity index is 1.67. The molecular formula is C30H27N3O9S. The highest BCUT2D eigenvalue weighted by Crippen LogP contribution is 2.38. The fourth-order valence-electron chi connectivity index (χ4n) is 4.84. The summed E-state index contributed by atoms with van der Waals surface area (Å²) in [5.41, 5.74) is 0.744. The van der Waals surface area contributed by atoms with E-state index in [-0.39, 0.29) is 33.7 Å². The first-order valence-corrected chi connectivity index (χ1v) is 13.9. The number of benzene rings is 2. The van der Waals surface area contributed by atoms with Gasteiger partial charge in [-0.25, -0.2) is 9.79 Å². The van der Waals surface area contributed by atoms with Gasteiger partial charge < -0.3 is 23.4 Å². The van der Waals surface area contributed by atoms with E-state index in [9.17, 15) is 19.7 Å². The van der Waals surface area contributed by atoms with Crippen molar-refractivity contribution in [3.05, 3.63) is 101 Å². The average molecular weight is 606 g/mol.